The van der Waals surface area contributed by atoms with Gasteiger partial charge in [0.1, 0.15) is 11.5 Å². The highest BCUT2D eigenvalue weighted by Crippen LogP contribution is 2.32. The second-order valence-electron chi connectivity index (χ2n) is 6.66. The van der Waals surface area contributed by atoms with E-state index in [0.717, 1.165) is 39.1 Å². The summed E-state index contributed by atoms with van der Waals surface area (Å²) in [6.07, 6.45) is 8.22. The van der Waals surface area contributed by atoms with Gasteiger partial charge in [-0.1, -0.05) is 18.2 Å². The van der Waals surface area contributed by atoms with Crippen LogP contribution in [0.2, 0.25) is 0 Å². The number of nitrogens with zero attached hydrogens (tertiary/aromatic N) is 2. The third-order valence-corrected chi connectivity index (χ3v) is 4.70. The maximum Gasteiger partial charge on any atom is 0.248 e. The number of amides is 1. The Bertz CT molecular complexity index is 1230. The van der Waals surface area contributed by atoms with E-state index in [1.165, 1.54) is 12.2 Å². The number of aliphatic hydroxyl groups is 1. The van der Waals surface area contributed by atoms with Gasteiger partial charge in [-0.25, -0.2) is 9.97 Å². The number of nitrogens with one attached hydrogen (secondary N) is 3. The van der Waals surface area contributed by atoms with E-state index in [2.05, 4.69) is 31.7 Å². The number of hydrogen-bond acceptors (Lipinski definition) is 5. The van der Waals surface area contributed by atoms with E-state index in [9.17, 15) is 4.79 Å². The van der Waals surface area contributed by atoms with Gasteiger partial charge in [-0.3, -0.25) is 4.79 Å². The number of H-pyrrole nitrogens is 1. The third kappa shape index (κ3) is 4.06. The Morgan fingerprint density at radius 1 is 1.13 bits per heavy atom. The Labute approximate surface area is 173 Å². The highest BCUT2D eigenvalue weighted by Gasteiger charge is 2.10. The quantitative estimate of drug-likeness (QED) is 0.369. The summed E-state index contributed by atoms with van der Waals surface area (Å²) in [5.74, 6) is 0.505. The molecule has 3 heterocycles. The fraction of sp³-hybridized carbons (Fsp3) is 0.0870. The van der Waals surface area contributed by atoms with Crippen LogP contribution >= 0.6 is 0 Å². The number of fused-ring (bicyclic) bond motifs is 1. The van der Waals surface area contributed by atoms with Crippen LogP contribution in [0.15, 0.2) is 73.2 Å². The zero-order valence-electron chi connectivity index (χ0n) is 16.4. The van der Waals surface area contributed by atoms with Crippen LogP contribution in [0, 0.1) is 0 Å². The van der Waals surface area contributed by atoms with Crippen molar-refractivity contribution in [3.8, 4) is 22.3 Å². The van der Waals surface area contributed by atoms with Crippen LogP contribution in [0.3, 0.4) is 0 Å². The molecule has 4 rings (SSSR count). The average molecular weight is 399 g/mol. The van der Waals surface area contributed by atoms with Crippen LogP contribution in [-0.4, -0.2) is 39.6 Å². The van der Waals surface area contributed by atoms with E-state index >= 15 is 0 Å². The first-order chi connectivity index (χ1) is 14.7. The number of pyridine rings is 2. The third-order valence-electron chi connectivity index (χ3n) is 4.70. The van der Waals surface area contributed by atoms with E-state index in [0.29, 0.717) is 5.69 Å². The molecule has 0 unspecified atom stereocenters. The zero-order valence-corrected chi connectivity index (χ0v) is 16.4. The number of aromatic nitrogens is 3. The normalized spacial score (nSPS) is 11.1. The van der Waals surface area contributed by atoms with Gasteiger partial charge in [0, 0.05) is 53.9 Å². The van der Waals surface area contributed by atoms with Gasteiger partial charge in [-0.05, 0) is 41.5 Å². The van der Waals surface area contributed by atoms with Gasteiger partial charge in [0.05, 0.1) is 6.61 Å². The Kier molecular flexibility index (Phi) is 5.54. The molecule has 0 atom stereocenters. The van der Waals surface area contributed by atoms with Gasteiger partial charge in [-0.2, -0.15) is 0 Å². The Balaban J connectivity index is 1.69. The van der Waals surface area contributed by atoms with Crippen LogP contribution in [0.4, 0.5) is 11.5 Å². The fourth-order valence-electron chi connectivity index (χ4n) is 3.26. The lowest BCUT2D eigenvalue weighted by Crippen LogP contribution is -2.07. The number of aromatic amines is 1. The number of anilines is 2. The lowest BCUT2D eigenvalue weighted by Gasteiger charge is -2.07. The second kappa shape index (κ2) is 8.59. The molecule has 0 saturated heterocycles. The molecule has 1 aromatic carbocycles. The number of rotatable bonds is 6. The van der Waals surface area contributed by atoms with Crippen LogP contribution in [0.25, 0.3) is 33.3 Å². The molecule has 0 fully saturated rings. The van der Waals surface area contributed by atoms with Crippen LogP contribution < -0.4 is 10.6 Å². The Morgan fingerprint density at radius 2 is 2.03 bits per heavy atom. The fourth-order valence-corrected chi connectivity index (χ4v) is 3.26. The van der Waals surface area contributed by atoms with Gasteiger partial charge >= 0.3 is 0 Å². The summed E-state index contributed by atoms with van der Waals surface area (Å²) in [7, 11) is 1.84. The molecule has 0 aliphatic heterocycles. The lowest BCUT2D eigenvalue weighted by molar-refractivity contribution is -0.111. The zero-order chi connectivity index (χ0) is 20.9. The van der Waals surface area contributed by atoms with Crippen LogP contribution in [-0.2, 0) is 4.79 Å². The van der Waals surface area contributed by atoms with E-state index in [1.807, 2.05) is 49.6 Å². The maximum atomic E-state index is 11.9. The number of aliphatic hydroxyl groups excluding tert-OH is 1. The molecule has 4 N–H and O–H groups in total. The van der Waals surface area contributed by atoms with E-state index < -0.39 is 0 Å². The van der Waals surface area contributed by atoms with Gasteiger partial charge in [0.25, 0.3) is 0 Å². The molecule has 7 nitrogen and oxygen atoms in total. The van der Waals surface area contributed by atoms with Crippen LogP contribution in [0.1, 0.15) is 0 Å². The van der Waals surface area contributed by atoms with Crippen molar-refractivity contribution in [3.05, 3.63) is 73.2 Å². The molecule has 1 amide bonds. The van der Waals surface area contributed by atoms with Crippen molar-refractivity contribution in [1.29, 1.82) is 0 Å². The standard InChI is InChI=1S/C23H21N5O2/c1-24-21-12-16(7-8-25-21)20-14-27-23-19(20)11-17(13-26-23)15-4-2-5-18(10-15)28-22(30)6-3-9-29/h2-8,10-14,29H,9H2,1H3,(H,24,25)(H,26,27)(H,28,30)/b6-3+. The number of benzene rings is 1. The molecule has 4 aromatic rings. The molecule has 30 heavy (non-hydrogen) atoms. The first-order valence-corrected chi connectivity index (χ1v) is 9.48. The Morgan fingerprint density at radius 3 is 2.87 bits per heavy atom. The number of hydrogen-bond donors (Lipinski definition) is 4. The summed E-state index contributed by atoms with van der Waals surface area (Å²) in [5, 5.41) is 15.6. The average Bonchev–Trinajstić information content (AvgIpc) is 3.21. The lowest BCUT2D eigenvalue weighted by atomic mass is 10.0. The number of carbonyl (C=O) groups is 1. The molecule has 0 aliphatic carbocycles. The topological polar surface area (TPSA) is 103 Å². The molecule has 0 aliphatic rings. The molecule has 0 spiro atoms. The van der Waals surface area contributed by atoms with E-state index in [4.69, 9.17) is 5.11 Å². The van der Waals surface area contributed by atoms with Crippen LogP contribution in [0.5, 0.6) is 0 Å². The van der Waals surface area contributed by atoms with Crippen molar-refractivity contribution in [2.75, 3.05) is 24.3 Å². The van der Waals surface area contributed by atoms with Gasteiger partial charge in [-0.15, -0.1) is 0 Å². The van der Waals surface area contributed by atoms with E-state index in [1.54, 1.807) is 12.4 Å². The predicted molar refractivity (Wildman–Crippen MR) is 119 cm³/mol. The molecular formula is C23H21N5O2. The van der Waals surface area contributed by atoms with E-state index in [-0.39, 0.29) is 12.5 Å². The van der Waals surface area contributed by atoms with Gasteiger partial charge in [0.15, 0.2) is 0 Å². The minimum Gasteiger partial charge on any atom is -0.392 e. The summed E-state index contributed by atoms with van der Waals surface area (Å²) in [6.45, 7) is -0.175. The monoisotopic (exact) mass is 399 g/mol. The minimum absolute atomic E-state index is 0.175. The first kappa shape index (κ1) is 19.4. The highest BCUT2D eigenvalue weighted by atomic mass is 16.2. The summed E-state index contributed by atoms with van der Waals surface area (Å²) in [6, 6.07) is 13.6. The van der Waals surface area contributed by atoms with Crippen molar-refractivity contribution in [3.63, 3.8) is 0 Å². The molecule has 0 bridgehead atoms. The smallest absolute Gasteiger partial charge is 0.248 e. The minimum atomic E-state index is -0.291. The predicted octanol–water partition coefficient (Wildman–Crippen LogP) is 3.82. The first-order valence-electron chi connectivity index (χ1n) is 9.48. The molecule has 7 heteroatoms. The van der Waals surface area contributed by atoms with Gasteiger partial charge < -0.3 is 20.7 Å². The summed E-state index contributed by atoms with van der Waals surface area (Å²) >= 11 is 0. The van der Waals surface area contributed by atoms with Crippen molar-refractivity contribution < 1.29 is 9.90 Å². The second-order valence-corrected chi connectivity index (χ2v) is 6.66. The SMILES string of the molecule is CNc1cc(-c2c[nH]c3ncc(-c4cccc(NC(=O)/C=C/CO)c4)cc23)ccn1. The summed E-state index contributed by atoms with van der Waals surface area (Å²) < 4.78 is 0. The van der Waals surface area contributed by atoms with Crippen molar-refractivity contribution in [2.24, 2.45) is 0 Å². The molecule has 0 radical (unpaired) electrons. The van der Waals surface area contributed by atoms with Crippen molar-refractivity contribution in [2.45, 2.75) is 0 Å². The maximum absolute atomic E-state index is 11.9. The number of carbonyl (C=O) groups excluding carboxylic acids is 1. The molecule has 150 valence electrons. The van der Waals surface area contributed by atoms with Crippen molar-refractivity contribution in [1.82, 2.24) is 15.0 Å². The van der Waals surface area contributed by atoms with Crippen molar-refractivity contribution >= 4 is 28.4 Å². The highest BCUT2D eigenvalue weighted by molar-refractivity contribution is 6.00. The Hall–Kier alpha value is -3.97. The summed E-state index contributed by atoms with van der Waals surface area (Å²) in [4.78, 5) is 23.9. The summed E-state index contributed by atoms with van der Waals surface area (Å²) in [5.41, 5.74) is 5.42. The molecular weight excluding hydrogens is 378 g/mol. The molecule has 3 aromatic heterocycles. The largest absolute Gasteiger partial charge is 0.392 e. The molecule has 0 saturated carbocycles. The van der Waals surface area contributed by atoms with Gasteiger partial charge in [0.2, 0.25) is 5.91 Å².